The summed E-state index contributed by atoms with van der Waals surface area (Å²) in [6.07, 6.45) is -0.283. The highest BCUT2D eigenvalue weighted by Crippen LogP contribution is 2.43. The topological polar surface area (TPSA) is 66.8 Å². The second-order valence-corrected chi connectivity index (χ2v) is 6.96. The zero-order valence-corrected chi connectivity index (χ0v) is 15.4. The largest absolute Gasteiger partial charge is 0.492 e. The monoisotopic (exact) mass is 373 g/mol. The fraction of sp³-hybridized carbons (Fsp3) is 0.300. The van der Waals surface area contributed by atoms with E-state index in [0.717, 1.165) is 5.56 Å². The summed E-state index contributed by atoms with van der Waals surface area (Å²) in [5.74, 6) is -0.0885. The first kappa shape index (κ1) is 18.4. The third-order valence-corrected chi connectivity index (χ3v) is 4.61. The van der Waals surface area contributed by atoms with Crippen molar-refractivity contribution in [3.8, 4) is 5.75 Å². The Morgan fingerprint density at radius 3 is 2.73 bits per heavy atom. The van der Waals surface area contributed by atoms with Gasteiger partial charge in [0.05, 0.1) is 12.2 Å². The van der Waals surface area contributed by atoms with Crippen LogP contribution in [0.15, 0.2) is 42.5 Å². The Balaban J connectivity index is 1.82. The highest BCUT2D eigenvalue weighted by molar-refractivity contribution is 6.31. The number of amides is 1. The van der Waals surface area contributed by atoms with E-state index in [9.17, 15) is 14.7 Å². The number of nitrogens with zero attached hydrogens (tertiary/aromatic N) is 1. The molecular formula is C20H20ClNO4. The van der Waals surface area contributed by atoms with Gasteiger partial charge < -0.3 is 14.7 Å². The number of hydrogen-bond donors (Lipinski definition) is 1. The lowest BCUT2D eigenvalue weighted by Crippen LogP contribution is -2.43. The summed E-state index contributed by atoms with van der Waals surface area (Å²) in [5, 5.41) is 11.3. The Kier molecular flexibility index (Phi) is 5.03. The predicted octanol–water partition coefficient (Wildman–Crippen LogP) is 3.24. The Hall–Kier alpha value is -2.37. The number of aliphatic hydroxyl groups is 1. The van der Waals surface area contributed by atoms with E-state index in [-0.39, 0.29) is 25.4 Å². The maximum atomic E-state index is 12.9. The van der Waals surface area contributed by atoms with Crippen LogP contribution in [-0.2, 0) is 15.2 Å². The molecule has 6 heteroatoms. The first-order chi connectivity index (χ1) is 12.3. The summed E-state index contributed by atoms with van der Waals surface area (Å²) < 4.78 is 5.72. The number of ketones is 1. The van der Waals surface area contributed by atoms with Gasteiger partial charge in [-0.2, -0.15) is 0 Å². The molecule has 0 bridgehead atoms. The van der Waals surface area contributed by atoms with E-state index in [1.54, 1.807) is 18.2 Å². The van der Waals surface area contributed by atoms with Crippen molar-refractivity contribution in [2.45, 2.75) is 25.9 Å². The predicted molar refractivity (Wildman–Crippen MR) is 99.7 cm³/mol. The van der Waals surface area contributed by atoms with E-state index in [2.05, 4.69) is 0 Å². The minimum absolute atomic E-state index is 0.252. The Bertz CT molecular complexity index is 867. The van der Waals surface area contributed by atoms with Gasteiger partial charge in [0.2, 0.25) is 0 Å². The lowest BCUT2D eigenvalue weighted by atomic mass is 9.90. The van der Waals surface area contributed by atoms with Gasteiger partial charge in [0.15, 0.2) is 5.60 Å². The molecule has 3 rings (SSSR count). The molecule has 1 aliphatic heterocycles. The van der Waals surface area contributed by atoms with Gasteiger partial charge in [-0.1, -0.05) is 23.7 Å². The van der Waals surface area contributed by atoms with Crippen molar-refractivity contribution in [1.82, 2.24) is 0 Å². The van der Waals surface area contributed by atoms with Crippen molar-refractivity contribution in [3.63, 3.8) is 0 Å². The number of aryl methyl sites for hydroxylation is 1. The van der Waals surface area contributed by atoms with Crippen LogP contribution in [0.2, 0.25) is 5.02 Å². The quantitative estimate of drug-likeness (QED) is 0.844. The molecule has 0 saturated carbocycles. The number of Topliss-reactive ketones (excluding diaryl/α,β-unsaturated/α-hetero) is 1. The lowest BCUT2D eigenvalue weighted by Gasteiger charge is -2.22. The van der Waals surface area contributed by atoms with E-state index in [0.29, 0.717) is 22.0 Å². The maximum absolute atomic E-state index is 12.9. The third-order valence-electron chi connectivity index (χ3n) is 4.37. The third kappa shape index (κ3) is 3.45. The van der Waals surface area contributed by atoms with Gasteiger partial charge in [0.25, 0.3) is 5.91 Å². The van der Waals surface area contributed by atoms with Crippen LogP contribution in [0.25, 0.3) is 0 Å². The second-order valence-electron chi connectivity index (χ2n) is 6.52. The van der Waals surface area contributed by atoms with Gasteiger partial charge in [-0.25, -0.2) is 0 Å². The molecule has 1 N–H and O–H groups in total. The molecule has 0 spiro atoms. The van der Waals surface area contributed by atoms with Crippen LogP contribution in [0.4, 0.5) is 5.69 Å². The van der Waals surface area contributed by atoms with Gasteiger partial charge in [-0.05, 0) is 49.7 Å². The Morgan fingerprint density at radius 2 is 2.04 bits per heavy atom. The van der Waals surface area contributed by atoms with Crippen LogP contribution in [0.3, 0.4) is 0 Å². The van der Waals surface area contributed by atoms with E-state index < -0.39 is 11.5 Å². The smallest absolute Gasteiger partial charge is 0.264 e. The van der Waals surface area contributed by atoms with Gasteiger partial charge in [-0.15, -0.1) is 0 Å². The molecule has 1 unspecified atom stereocenters. The van der Waals surface area contributed by atoms with E-state index in [4.69, 9.17) is 16.3 Å². The van der Waals surface area contributed by atoms with Crippen molar-refractivity contribution in [2.75, 3.05) is 18.1 Å². The average molecular weight is 374 g/mol. The van der Waals surface area contributed by atoms with E-state index in [1.807, 2.05) is 31.2 Å². The van der Waals surface area contributed by atoms with E-state index in [1.165, 1.54) is 11.8 Å². The molecular weight excluding hydrogens is 354 g/mol. The van der Waals surface area contributed by atoms with Gasteiger partial charge in [0.1, 0.15) is 18.1 Å². The minimum Gasteiger partial charge on any atom is -0.492 e. The standard InChI is InChI=1S/C20H20ClNO4/c1-13-4-3-5-16(10-13)26-9-8-22-18-7-6-15(21)11-17(18)20(25,19(22)24)12-14(2)23/h3-7,10-11,25H,8-9,12H2,1-2H3. The first-order valence-corrected chi connectivity index (χ1v) is 8.72. The molecule has 0 aromatic heterocycles. The van der Waals surface area contributed by atoms with Crippen LogP contribution in [0, 0.1) is 6.92 Å². The number of carbonyl (C=O) groups excluding carboxylic acids is 2. The molecule has 0 fully saturated rings. The SMILES string of the molecule is CC(=O)CC1(O)C(=O)N(CCOc2cccc(C)c2)c2ccc(Cl)cc21. The van der Waals surface area contributed by atoms with Crippen molar-refractivity contribution < 1.29 is 19.4 Å². The normalized spacial score (nSPS) is 18.8. The van der Waals surface area contributed by atoms with Crippen LogP contribution in [-0.4, -0.2) is 29.9 Å². The van der Waals surface area contributed by atoms with Crippen molar-refractivity contribution in [3.05, 3.63) is 58.6 Å². The molecule has 1 aliphatic rings. The molecule has 5 nitrogen and oxygen atoms in total. The molecule has 26 heavy (non-hydrogen) atoms. The highest BCUT2D eigenvalue weighted by atomic mass is 35.5. The van der Waals surface area contributed by atoms with Crippen LogP contribution in [0.5, 0.6) is 5.75 Å². The Morgan fingerprint density at radius 1 is 1.27 bits per heavy atom. The number of anilines is 1. The highest BCUT2D eigenvalue weighted by Gasteiger charge is 2.50. The molecule has 1 amide bonds. The summed E-state index contributed by atoms with van der Waals surface area (Å²) in [6, 6.07) is 12.5. The first-order valence-electron chi connectivity index (χ1n) is 8.34. The molecule has 2 aromatic rings. The molecule has 0 saturated heterocycles. The molecule has 136 valence electrons. The summed E-state index contributed by atoms with van der Waals surface area (Å²) in [7, 11) is 0. The number of hydrogen-bond acceptors (Lipinski definition) is 4. The summed E-state index contributed by atoms with van der Waals surface area (Å²) >= 11 is 6.03. The summed E-state index contributed by atoms with van der Waals surface area (Å²) in [5.41, 5.74) is 0.113. The van der Waals surface area contributed by atoms with Crippen molar-refractivity contribution >= 4 is 29.0 Å². The van der Waals surface area contributed by atoms with Crippen LogP contribution >= 0.6 is 11.6 Å². The summed E-state index contributed by atoms with van der Waals surface area (Å²) in [6.45, 7) is 3.83. The average Bonchev–Trinajstić information content (AvgIpc) is 2.76. The molecule has 0 aliphatic carbocycles. The minimum atomic E-state index is -1.88. The van der Waals surface area contributed by atoms with Crippen molar-refractivity contribution in [2.24, 2.45) is 0 Å². The zero-order chi connectivity index (χ0) is 18.9. The van der Waals surface area contributed by atoms with Crippen LogP contribution in [0.1, 0.15) is 24.5 Å². The molecule has 2 aromatic carbocycles. The number of ether oxygens (including phenoxy) is 1. The number of fused-ring (bicyclic) bond motifs is 1. The van der Waals surface area contributed by atoms with Gasteiger partial charge >= 0.3 is 0 Å². The maximum Gasteiger partial charge on any atom is 0.264 e. The fourth-order valence-electron chi connectivity index (χ4n) is 3.24. The lowest BCUT2D eigenvalue weighted by molar-refractivity contribution is -0.141. The van der Waals surface area contributed by atoms with Crippen LogP contribution < -0.4 is 9.64 Å². The number of halogens is 1. The molecule has 0 radical (unpaired) electrons. The number of rotatable bonds is 6. The Labute approximate surface area is 157 Å². The molecule has 1 atom stereocenters. The van der Waals surface area contributed by atoms with Crippen molar-refractivity contribution in [1.29, 1.82) is 0 Å². The summed E-state index contributed by atoms with van der Waals surface area (Å²) in [4.78, 5) is 25.9. The second kappa shape index (κ2) is 7.09. The van der Waals surface area contributed by atoms with Gasteiger partial charge in [0, 0.05) is 17.0 Å². The molecule has 1 heterocycles. The van der Waals surface area contributed by atoms with Gasteiger partial charge in [-0.3, -0.25) is 9.59 Å². The van der Waals surface area contributed by atoms with E-state index >= 15 is 0 Å². The zero-order valence-electron chi connectivity index (χ0n) is 14.7. The number of carbonyl (C=O) groups is 2. The fourth-order valence-corrected chi connectivity index (χ4v) is 3.41. The number of benzene rings is 2.